The van der Waals surface area contributed by atoms with Gasteiger partial charge in [-0.3, -0.25) is 4.90 Å². The Balaban J connectivity index is 1.53. The van der Waals surface area contributed by atoms with Gasteiger partial charge in [-0.05, 0) is 12.8 Å². The van der Waals surface area contributed by atoms with Gasteiger partial charge in [-0.1, -0.05) is 78.1 Å². The van der Waals surface area contributed by atoms with E-state index in [2.05, 4.69) is 18.7 Å². The molecular weight excluding hydrogens is 310 g/mol. The molecule has 2 rings (SSSR count). The van der Waals surface area contributed by atoms with Crippen LogP contribution in [0.3, 0.4) is 0 Å². The number of nitrogens with zero attached hydrogens (tertiary/aromatic N) is 1. The van der Waals surface area contributed by atoms with Gasteiger partial charge in [0.25, 0.3) is 0 Å². The van der Waals surface area contributed by atoms with Crippen LogP contribution >= 0.6 is 0 Å². The van der Waals surface area contributed by atoms with Gasteiger partial charge in [0.15, 0.2) is 0 Å². The van der Waals surface area contributed by atoms with Crippen LogP contribution in [0.2, 0.25) is 0 Å². The smallest absolute Gasteiger partial charge is 0.0597 e. The van der Waals surface area contributed by atoms with Crippen molar-refractivity contribution in [3.05, 3.63) is 0 Å². The second kappa shape index (κ2) is 12.3. The van der Waals surface area contributed by atoms with E-state index in [1.54, 1.807) is 0 Å². The van der Waals surface area contributed by atoms with E-state index >= 15 is 0 Å². The van der Waals surface area contributed by atoms with Gasteiger partial charge in [-0.2, -0.15) is 0 Å². The summed E-state index contributed by atoms with van der Waals surface area (Å²) < 4.78 is 11.7. The quantitative estimate of drug-likeness (QED) is 0.346. The molecule has 1 spiro atoms. The number of hydrogen-bond donors (Lipinski definition) is 0. The second-order valence-electron chi connectivity index (χ2n) is 8.60. The van der Waals surface area contributed by atoms with Gasteiger partial charge in [0.05, 0.1) is 25.9 Å². The minimum Gasteiger partial charge on any atom is -0.380 e. The molecule has 0 aromatic rings. The molecule has 2 saturated heterocycles. The maximum absolute atomic E-state index is 6.31. The first kappa shape index (κ1) is 21.2. The molecule has 3 heteroatoms. The van der Waals surface area contributed by atoms with Crippen LogP contribution in [-0.4, -0.2) is 50.5 Å². The van der Waals surface area contributed by atoms with Crippen LogP contribution in [0, 0.1) is 5.41 Å². The van der Waals surface area contributed by atoms with E-state index in [4.69, 9.17) is 9.47 Å². The van der Waals surface area contributed by atoms with Gasteiger partial charge in [-0.25, -0.2) is 0 Å². The summed E-state index contributed by atoms with van der Waals surface area (Å²) in [4.78, 5) is 2.54. The highest BCUT2D eigenvalue weighted by Gasteiger charge is 2.48. The minimum absolute atomic E-state index is 0.505. The van der Waals surface area contributed by atoms with E-state index in [1.807, 2.05) is 0 Å². The molecule has 25 heavy (non-hydrogen) atoms. The lowest BCUT2D eigenvalue weighted by Gasteiger charge is -2.55. The van der Waals surface area contributed by atoms with E-state index < -0.39 is 0 Å². The van der Waals surface area contributed by atoms with Crippen molar-refractivity contribution in [2.45, 2.75) is 97.0 Å². The molecule has 0 aliphatic carbocycles. The molecule has 2 aliphatic heterocycles. The Kier molecular flexibility index (Phi) is 10.4. The molecule has 0 bridgehead atoms. The zero-order valence-corrected chi connectivity index (χ0v) is 17.1. The predicted molar refractivity (Wildman–Crippen MR) is 106 cm³/mol. The molecule has 3 nitrogen and oxygen atoms in total. The van der Waals surface area contributed by atoms with Gasteiger partial charge >= 0.3 is 0 Å². The highest BCUT2D eigenvalue weighted by molar-refractivity contribution is 4.99. The lowest BCUT2D eigenvalue weighted by molar-refractivity contribution is -0.191. The van der Waals surface area contributed by atoms with Crippen LogP contribution in [0.5, 0.6) is 0 Å². The predicted octanol–water partition coefficient (Wildman–Crippen LogP) is 5.42. The molecule has 0 radical (unpaired) electrons. The number of ether oxygens (including phenoxy) is 2. The Morgan fingerprint density at radius 3 is 1.88 bits per heavy atom. The van der Waals surface area contributed by atoms with Gasteiger partial charge < -0.3 is 9.47 Å². The Morgan fingerprint density at radius 1 is 0.840 bits per heavy atom. The Bertz CT molecular complexity index is 308. The van der Waals surface area contributed by atoms with Crippen LogP contribution in [-0.2, 0) is 9.47 Å². The van der Waals surface area contributed by atoms with E-state index in [0.717, 1.165) is 26.4 Å². The fourth-order valence-electron chi connectivity index (χ4n) is 4.24. The third-order valence-electron chi connectivity index (χ3n) is 5.95. The van der Waals surface area contributed by atoms with Crippen LogP contribution in [0.25, 0.3) is 0 Å². The summed E-state index contributed by atoms with van der Waals surface area (Å²) in [5.74, 6) is 0. The van der Waals surface area contributed by atoms with Crippen molar-refractivity contribution in [1.82, 2.24) is 4.90 Å². The summed E-state index contributed by atoms with van der Waals surface area (Å²) in [6.07, 6.45) is 16.8. The van der Waals surface area contributed by atoms with Crippen molar-refractivity contribution in [1.29, 1.82) is 0 Å². The fourth-order valence-corrected chi connectivity index (χ4v) is 4.24. The minimum atomic E-state index is 0.505. The number of likely N-dealkylation sites (tertiary alicyclic amines) is 1. The molecule has 0 aromatic carbocycles. The molecule has 148 valence electrons. The van der Waals surface area contributed by atoms with E-state index in [0.29, 0.717) is 11.5 Å². The summed E-state index contributed by atoms with van der Waals surface area (Å²) in [5, 5.41) is 0. The average molecular weight is 354 g/mol. The van der Waals surface area contributed by atoms with E-state index in [9.17, 15) is 0 Å². The van der Waals surface area contributed by atoms with Crippen molar-refractivity contribution in [3.8, 4) is 0 Å². The first-order valence-corrected chi connectivity index (χ1v) is 11.2. The maximum Gasteiger partial charge on any atom is 0.0597 e. The third-order valence-corrected chi connectivity index (χ3v) is 5.95. The molecule has 2 fully saturated rings. The lowest BCUT2D eigenvalue weighted by Crippen LogP contribution is -2.66. The molecule has 2 aliphatic rings. The summed E-state index contributed by atoms with van der Waals surface area (Å²) in [5.41, 5.74) is 0.540. The molecular formula is C22H43NO2. The molecule has 0 amide bonds. The van der Waals surface area contributed by atoms with Crippen LogP contribution in [0.15, 0.2) is 0 Å². The molecule has 0 saturated carbocycles. The Labute approximate surface area is 156 Å². The molecule has 0 unspecified atom stereocenters. The van der Waals surface area contributed by atoms with Crippen LogP contribution in [0.1, 0.15) is 90.9 Å². The number of unbranched alkanes of at least 4 members (excludes halogenated alkanes) is 8. The van der Waals surface area contributed by atoms with E-state index in [1.165, 1.54) is 90.1 Å². The number of rotatable bonds is 16. The zero-order chi connectivity index (χ0) is 17.8. The van der Waals surface area contributed by atoms with Crippen molar-refractivity contribution in [3.63, 3.8) is 0 Å². The van der Waals surface area contributed by atoms with E-state index in [-0.39, 0.29) is 0 Å². The normalized spacial score (nSPS) is 19.3. The summed E-state index contributed by atoms with van der Waals surface area (Å²) in [6, 6.07) is 0. The van der Waals surface area contributed by atoms with Crippen molar-refractivity contribution >= 4 is 0 Å². The standard InChI is InChI=1S/C22H43NO2/c1-3-5-7-9-11-13-21(14-12-10-8-6-4-2)25-16-15-23-17-22(18-23)19-24-20-22/h21H,3-20H2,1-2H3. The first-order valence-electron chi connectivity index (χ1n) is 11.2. The van der Waals surface area contributed by atoms with Gasteiger partial charge in [0.1, 0.15) is 0 Å². The summed E-state index contributed by atoms with van der Waals surface area (Å²) in [7, 11) is 0. The Hall–Kier alpha value is -0.120. The van der Waals surface area contributed by atoms with Gasteiger partial charge in [0.2, 0.25) is 0 Å². The molecule has 0 aromatic heterocycles. The molecule has 0 atom stereocenters. The Morgan fingerprint density at radius 2 is 1.40 bits per heavy atom. The van der Waals surface area contributed by atoms with Crippen molar-refractivity contribution in [2.24, 2.45) is 5.41 Å². The topological polar surface area (TPSA) is 21.7 Å². The second-order valence-corrected chi connectivity index (χ2v) is 8.60. The fraction of sp³-hybridized carbons (Fsp3) is 1.00. The van der Waals surface area contributed by atoms with Crippen LogP contribution in [0.4, 0.5) is 0 Å². The first-order chi connectivity index (χ1) is 12.3. The summed E-state index contributed by atoms with van der Waals surface area (Å²) in [6.45, 7) is 11.1. The van der Waals surface area contributed by atoms with Gasteiger partial charge in [-0.15, -0.1) is 0 Å². The maximum atomic E-state index is 6.31. The SMILES string of the molecule is CCCCCCCC(CCCCCCC)OCCN1CC2(COC2)C1. The highest BCUT2D eigenvalue weighted by Crippen LogP contribution is 2.37. The lowest BCUT2D eigenvalue weighted by atomic mass is 9.78. The highest BCUT2D eigenvalue weighted by atomic mass is 16.5. The van der Waals surface area contributed by atoms with Crippen LogP contribution < -0.4 is 0 Å². The molecule has 0 N–H and O–H groups in total. The third kappa shape index (κ3) is 7.97. The monoisotopic (exact) mass is 353 g/mol. The van der Waals surface area contributed by atoms with Gasteiger partial charge in [0, 0.05) is 25.0 Å². The van der Waals surface area contributed by atoms with Crippen molar-refractivity contribution < 1.29 is 9.47 Å². The summed E-state index contributed by atoms with van der Waals surface area (Å²) >= 11 is 0. The van der Waals surface area contributed by atoms with Crippen molar-refractivity contribution in [2.75, 3.05) is 39.5 Å². The average Bonchev–Trinajstić information content (AvgIpc) is 2.54. The molecule has 2 heterocycles. The zero-order valence-electron chi connectivity index (χ0n) is 17.1. The number of hydrogen-bond acceptors (Lipinski definition) is 3. The largest absolute Gasteiger partial charge is 0.380 e.